The molecule has 0 saturated carbocycles. The number of carbonyl (C=O) groups excluding carboxylic acids is 3. The first-order valence-electron chi connectivity index (χ1n) is 15.9. The molecule has 0 spiro atoms. The maximum Gasteiger partial charge on any atom is 0.407 e. The standard InChI is InChI=1S/C37H46N2O7/c1-6-7-8-17-34(25(2)40)39(22-26-18-19-28(43-3)21-35(26)44-4)23-27(20-36(41)45-5)38-37(42)46-24-33-31-15-11-9-13-29(31)30-14-10-12-16-32(30)33/h9-16,18-19,21,27,33-34H,6-8,17,20,22-24H2,1-5H3,(H,38,42)/t27-,34+/m1/s1. The Morgan fingerprint density at radius 3 is 2.15 bits per heavy atom. The van der Waals surface area contributed by atoms with E-state index in [0.29, 0.717) is 24.5 Å². The smallest absolute Gasteiger partial charge is 0.407 e. The van der Waals surface area contributed by atoms with Crippen molar-refractivity contribution >= 4 is 17.8 Å². The molecule has 1 aliphatic carbocycles. The maximum absolute atomic E-state index is 13.3. The number of ketones is 1. The van der Waals surface area contributed by atoms with Gasteiger partial charge in [0, 0.05) is 30.6 Å². The third-order valence-electron chi connectivity index (χ3n) is 8.62. The van der Waals surface area contributed by atoms with Crippen molar-refractivity contribution < 1.29 is 33.3 Å². The molecular weight excluding hydrogens is 584 g/mol. The molecule has 3 aromatic rings. The van der Waals surface area contributed by atoms with Crippen molar-refractivity contribution in [3.8, 4) is 22.6 Å². The van der Waals surface area contributed by atoms with Gasteiger partial charge >= 0.3 is 12.1 Å². The molecule has 0 radical (unpaired) electrons. The summed E-state index contributed by atoms with van der Waals surface area (Å²) in [7, 11) is 4.49. The Bertz CT molecular complexity index is 1440. The van der Waals surface area contributed by atoms with Crippen LogP contribution in [0.3, 0.4) is 0 Å². The van der Waals surface area contributed by atoms with Gasteiger partial charge in [0.2, 0.25) is 0 Å². The van der Waals surface area contributed by atoms with Gasteiger partial charge < -0.3 is 24.3 Å². The van der Waals surface area contributed by atoms with Gasteiger partial charge in [-0.05, 0) is 41.7 Å². The van der Waals surface area contributed by atoms with E-state index in [1.807, 2.05) is 41.3 Å². The van der Waals surface area contributed by atoms with Gasteiger partial charge in [0.05, 0.1) is 39.8 Å². The van der Waals surface area contributed by atoms with Crippen LogP contribution in [0.1, 0.15) is 68.6 Å². The number of amides is 1. The first kappa shape index (κ1) is 34.5. The number of unbranched alkanes of at least 4 members (excludes halogenated alkanes) is 2. The fraction of sp³-hybridized carbons (Fsp3) is 0.432. The zero-order valence-corrected chi connectivity index (χ0v) is 27.5. The molecule has 9 nitrogen and oxygen atoms in total. The normalized spacial score (nSPS) is 13.3. The summed E-state index contributed by atoms with van der Waals surface area (Å²) in [6, 6.07) is 20.7. The molecule has 0 fully saturated rings. The number of nitrogens with zero attached hydrogens (tertiary/aromatic N) is 1. The van der Waals surface area contributed by atoms with E-state index >= 15 is 0 Å². The van der Waals surface area contributed by atoms with Crippen molar-refractivity contribution in [3.05, 3.63) is 83.4 Å². The molecule has 1 aliphatic rings. The third kappa shape index (κ3) is 8.66. The van der Waals surface area contributed by atoms with Gasteiger partial charge in [-0.25, -0.2) is 4.79 Å². The lowest BCUT2D eigenvalue weighted by molar-refractivity contribution is -0.141. The fourth-order valence-corrected chi connectivity index (χ4v) is 6.27. The van der Waals surface area contributed by atoms with E-state index in [4.69, 9.17) is 18.9 Å². The van der Waals surface area contributed by atoms with Crippen molar-refractivity contribution in [2.75, 3.05) is 34.5 Å². The minimum atomic E-state index is -0.680. The van der Waals surface area contributed by atoms with E-state index < -0.39 is 24.1 Å². The molecule has 3 aromatic carbocycles. The topological polar surface area (TPSA) is 103 Å². The summed E-state index contributed by atoms with van der Waals surface area (Å²) >= 11 is 0. The maximum atomic E-state index is 13.3. The second-order valence-electron chi connectivity index (χ2n) is 11.7. The van der Waals surface area contributed by atoms with Crippen molar-refractivity contribution in [2.24, 2.45) is 0 Å². The number of hydrogen-bond acceptors (Lipinski definition) is 8. The number of nitrogens with one attached hydrogen (secondary N) is 1. The van der Waals surface area contributed by atoms with E-state index in [2.05, 4.69) is 36.5 Å². The Morgan fingerprint density at radius 2 is 1.57 bits per heavy atom. The molecule has 1 N–H and O–H groups in total. The summed E-state index contributed by atoms with van der Waals surface area (Å²) in [5, 5.41) is 2.91. The highest BCUT2D eigenvalue weighted by molar-refractivity contribution is 5.81. The van der Waals surface area contributed by atoms with Crippen molar-refractivity contribution in [1.82, 2.24) is 10.2 Å². The van der Waals surface area contributed by atoms with Crippen LogP contribution in [0.25, 0.3) is 11.1 Å². The van der Waals surface area contributed by atoms with Crippen LogP contribution >= 0.6 is 0 Å². The summed E-state index contributed by atoms with van der Waals surface area (Å²) in [5.41, 5.74) is 5.34. The minimum absolute atomic E-state index is 0.0153. The molecule has 246 valence electrons. The van der Waals surface area contributed by atoms with E-state index in [1.54, 1.807) is 27.2 Å². The van der Waals surface area contributed by atoms with Crippen LogP contribution in [-0.2, 0) is 25.6 Å². The molecule has 9 heteroatoms. The summed E-state index contributed by atoms with van der Waals surface area (Å²) in [6.07, 6.45) is 2.81. The average Bonchev–Trinajstić information content (AvgIpc) is 3.38. The van der Waals surface area contributed by atoms with Crippen LogP contribution in [0.15, 0.2) is 66.7 Å². The second-order valence-corrected chi connectivity index (χ2v) is 11.7. The van der Waals surface area contributed by atoms with E-state index in [1.165, 1.54) is 7.11 Å². The number of carbonyl (C=O) groups is 3. The quantitative estimate of drug-likeness (QED) is 0.133. The number of ether oxygens (including phenoxy) is 4. The van der Waals surface area contributed by atoms with Crippen molar-refractivity contribution in [3.63, 3.8) is 0 Å². The van der Waals surface area contributed by atoms with Gasteiger partial charge in [0.15, 0.2) is 0 Å². The molecule has 2 atom stereocenters. The van der Waals surface area contributed by atoms with Crippen LogP contribution in [0.2, 0.25) is 0 Å². The molecule has 0 aliphatic heterocycles. The third-order valence-corrected chi connectivity index (χ3v) is 8.62. The highest BCUT2D eigenvalue weighted by Crippen LogP contribution is 2.44. The van der Waals surface area contributed by atoms with Crippen LogP contribution in [0, 0.1) is 0 Å². The zero-order chi connectivity index (χ0) is 33.1. The molecule has 46 heavy (non-hydrogen) atoms. The molecule has 4 rings (SSSR count). The molecule has 0 aromatic heterocycles. The van der Waals surface area contributed by atoms with Crippen LogP contribution in [0.4, 0.5) is 4.79 Å². The Morgan fingerprint density at radius 1 is 0.891 bits per heavy atom. The van der Waals surface area contributed by atoms with Crippen LogP contribution in [-0.4, -0.2) is 69.3 Å². The number of Topliss-reactive ketones (excluding diaryl/α,β-unsaturated/α-hetero) is 1. The fourth-order valence-electron chi connectivity index (χ4n) is 6.27. The Balaban J connectivity index is 1.55. The lowest BCUT2D eigenvalue weighted by Crippen LogP contribution is -2.50. The summed E-state index contributed by atoms with van der Waals surface area (Å²) < 4.78 is 21.8. The predicted octanol–water partition coefficient (Wildman–Crippen LogP) is 6.51. The largest absolute Gasteiger partial charge is 0.497 e. The van der Waals surface area contributed by atoms with Gasteiger partial charge in [-0.15, -0.1) is 0 Å². The Hall–Kier alpha value is -4.37. The number of esters is 1. The molecular formula is C37H46N2O7. The first-order chi connectivity index (χ1) is 22.3. The SMILES string of the molecule is CCCCC[C@@H](C(C)=O)N(Cc1ccc(OC)cc1OC)C[C@@H](CC(=O)OC)NC(=O)OCC1c2ccccc2-c2ccccc21. The number of hydrogen-bond donors (Lipinski definition) is 1. The molecule has 0 bridgehead atoms. The highest BCUT2D eigenvalue weighted by Gasteiger charge is 2.31. The van der Waals surface area contributed by atoms with E-state index in [-0.39, 0.29) is 31.3 Å². The van der Waals surface area contributed by atoms with Gasteiger partial charge in [-0.1, -0.05) is 80.8 Å². The number of benzene rings is 3. The zero-order valence-electron chi connectivity index (χ0n) is 27.5. The van der Waals surface area contributed by atoms with Crippen molar-refractivity contribution in [1.29, 1.82) is 0 Å². The predicted molar refractivity (Wildman–Crippen MR) is 177 cm³/mol. The summed E-state index contributed by atoms with van der Waals surface area (Å²) in [4.78, 5) is 40.9. The average molecular weight is 631 g/mol. The second kappa shape index (κ2) is 16.8. The highest BCUT2D eigenvalue weighted by atomic mass is 16.5. The lowest BCUT2D eigenvalue weighted by atomic mass is 9.98. The van der Waals surface area contributed by atoms with Crippen LogP contribution in [0.5, 0.6) is 11.5 Å². The first-order valence-corrected chi connectivity index (χ1v) is 15.9. The van der Waals surface area contributed by atoms with E-state index in [9.17, 15) is 14.4 Å². The minimum Gasteiger partial charge on any atom is -0.497 e. The molecule has 0 heterocycles. The summed E-state index contributed by atoms with van der Waals surface area (Å²) in [5.74, 6) is 0.711. The van der Waals surface area contributed by atoms with Crippen molar-refractivity contribution in [2.45, 2.75) is 70.5 Å². The monoisotopic (exact) mass is 630 g/mol. The number of methoxy groups -OCH3 is 3. The van der Waals surface area contributed by atoms with Gasteiger partial charge in [0.1, 0.15) is 23.9 Å². The van der Waals surface area contributed by atoms with Crippen LogP contribution < -0.4 is 14.8 Å². The van der Waals surface area contributed by atoms with Gasteiger partial charge in [-0.2, -0.15) is 0 Å². The molecule has 0 unspecified atom stereocenters. The molecule has 0 saturated heterocycles. The van der Waals surface area contributed by atoms with E-state index in [0.717, 1.165) is 47.1 Å². The lowest BCUT2D eigenvalue weighted by Gasteiger charge is -2.34. The Labute approximate surface area is 272 Å². The number of rotatable bonds is 17. The van der Waals surface area contributed by atoms with Gasteiger partial charge in [0.25, 0.3) is 0 Å². The summed E-state index contributed by atoms with van der Waals surface area (Å²) in [6.45, 7) is 4.42. The Kier molecular flexibility index (Phi) is 12.6. The number of alkyl carbamates (subject to hydrolysis) is 1. The number of fused-ring (bicyclic) bond motifs is 3. The van der Waals surface area contributed by atoms with Gasteiger partial charge in [-0.3, -0.25) is 14.5 Å². The molecule has 1 amide bonds.